The van der Waals surface area contributed by atoms with E-state index in [1.165, 1.54) is 0 Å². The van der Waals surface area contributed by atoms with E-state index in [4.69, 9.17) is 16.9 Å². The van der Waals surface area contributed by atoms with Gasteiger partial charge in [0.2, 0.25) is 0 Å². The quantitative estimate of drug-likeness (QED) is 0.904. The van der Waals surface area contributed by atoms with E-state index in [1.54, 1.807) is 6.07 Å². The molecule has 0 saturated carbocycles. The maximum Gasteiger partial charge on any atom is 0.101 e. The standard InChI is InChI=1S/C15H19ClN2O/c1-10-13(15(2,3)19)6-7-18(10)12-5-4-11(9-17)14(16)8-12/h4-5,8,10,13,19H,6-7H2,1-3H3. The molecular formula is C15H19ClN2O. The molecule has 19 heavy (non-hydrogen) atoms. The van der Waals surface area contributed by atoms with E-state index in [2.05, 4.69) is 17.9 Å². The number of hydrogen-bond acceptors (Lipinski definition) is 3. The molecule has 1 fully saturated rings. The Morgan fingerprint density at radius 2 is 2.16 bits per heavy atom. The number of aliphatic hydroxyl groups is 1. The van der Waals surface area contributed by atoms with Crippen molar-refractivity contribution < 1.29 is 5.11 Å². The molecule has 102 valence electrons. The number of nitriles is 1. The van der Waals surface area contributed by atoms with Crippen LogP contribution in [0.2, 0.25) is 5.02 Å². The van der Waals surface area contributed by atoms with Crippen molar-refractivity contribution in [2.45, 2.75) is 38.8 Å². The predicted octanol–water partition coefficient (Wildman–Crippen LogP) is 3.20. The highest BCUT2D eigenvalue weighted by atomic mass is 35.5. The normalized spacial score (nSPS) is 23.5. The molecule has 0 amide bonds. The highest BCUT2D eigenvalue weighted by Gasteiger charge is 2.39. The van der Waals surface area contributed by atoms with E-state index in [0.717, 1.165) is 18.7 Å². The number of nitrogens with zero attached hydrogens (tertiary/aromatic N) is 2. The van der Waals surface area contributed by atoms with Crippen LogP contribution < -0.4 is 4.90 Å². The summed E-state index contributed by atoms with van der Waals surface area (Å²) in [4.78, 5) is 2.25. The lowest BCUT2D eigenvalue weighted by atomic mass is 9.85. The third kappa shape index (κ3) is 2.70. The second kappa shape index (κ2) is 5.03. The second-order valence-electron chi connectivity index (χ2n) is 5.76. The largest absolute Gasteiger partial charge is 0.390 e. The Kier molecular flexibility index (Phi) is 3.75. The minimum Gasteiger partial charge on any atom is -0.390 e. The summed E-state index contributed by atoms with van der Waals surface area (Å²) in [6, 6.07) is 7.83. The number of benzene rings is 1. The molecule has 0 bridgehead atoms. The van der Waals surface area contributed by atoms with Gasteiger partial charge in [-0.3, -0.25) is 0 Å². The number of halogens is 1. The zero-order chi connectivity index (χ0) is 14.2. The number of hydrogen-bond donors (Lipinski definition) is 1. The van der Waals surface area contributed by atoms with Crippen molar-refractivity contribution in [3.8, 4) is 6.07 Å². The fourth-order valence-electron chi connectivity index (χ4n) is 3.02. The van der Waals surface area contributed by atoms with Crippen LogP contribution >= 0.6 is 11.6 Å². The van der Waals surface area contributed by atoms with Gasteiger partial charge < -0.3 is 10.0 Å². The summed E-state index contributed by atoms with van der Waals surface area (Å²) in [6.45, 7) is 6.76. The Morgan fingerprint density at radius 3 is 2.63 bits per heavy atom. The van der Waals surface area contributed by atoms with E-state index in [9.17, 15) is 5.11 Å². The topological polar surface area (TPSA) is 47.3 Å². The molecule has 1 aromatic carbocycles. The summed E-state index contributed by atoms with van der Waals surface area (Å²) < 4.78 is 0. The molecule has 2 atom stereocenters. The van der Waals surface area contributed by atoms with Crippen molar-refractivity contribution in [2.75, 3.05) is 11.4 Å². The zero-order valence-electron chi connectivity index (χ0n) is 11.5. The SMILES string of the molecule is CC1C(C(C)(C)O)CCN1c1ccc(C#N)c(Cl)c1. The van der Waals surface area contributed by atoms with Crippen LogP contribution in [0.25, 0.3) is 0 Å². The van der Waals surface area contributed by atoms with Crippen molar-refractivity contribution >= 4 is 17.3 Å². The first-order chi connectivity index (χ1) is 8.84. The van der Waals surface area contributed by atoms with Crippen molar-refractivity contribution in [1.29, 1.82) is 5.26 Å². The first kappa shape index (κ1) is 14.2. The van der Waals surface area contributed by atoms with Gasteiger partial charge in [-0.1, -0.05) is 11.6 Å². The van der Waals surface area contributed by atoms with Gasteiger partial charge in [-0.05, 0) is 45.4 Å². The smallest absolute Gasteiger partial charge is 0.101 e. The number of anilines is 1. The van der Waals surface area contributed by atoms with Gasteiger partial charge in [-0.15, -0.1) is 0 Å². The second-order valence-corrected chi connectivity index (χ2v) is 6.17. The van der Waals surface area contributed by atoms with Crippen molar-refractivity contribution in [2.24, 2.45) is 5.92 Å². The molecule has 1 aliphatic rings. The zero-order valence-corrected chi connectivity index (χ0v) is 12.3. The highest BCUT2D eigenvalue weighted by molar-refractivity contribution is 6.32. The van der Waals surface area contributed by atoms with E-state index < -0.39 is 5.60 Å². The molecule has 4 heteroatoms. The molecule has 3 nitrogen and oxygen atoms in total. The average Bonchev–Trinajstić information content (AvgIpc) is 2.70. The highest BCUT2D eigenvalue weighted by Crippen LogP contribution is 2.36. The number of rotatable bonds is 2. The van der Waals surface area contributed by atoms with Gasteiger partial charge in [0.05, 0.1) is 16.2 Å². The van der Waals surface area contributed by atoms with Gasteiger partial charge in [-0.2, -0.15) is 5.26 Å². The Balaban J connectivity index is 2.25. The molecule has 1 saturated heterocycles. The van der Waals surface area contributed by atoms with Crippen LogP contribution in [0.4, 0.5) is 5.69 Å². The third-order valence-corrected chi connectivity index (χ3v) is 4.38. The molecule has 0 aromatic heterocycles. The molecule has 0 spiro atoms. The minimum atomic E-state index is -0.676. The molecule has 0 aliphatic carbocycles. The molecular weight excluding hydrogens is 260 g/mol. The van der Waals surface area contributed by atoms with Gasteiger partial charge in [-0.25, -0.2) is 0 Å². The average molecular weight is 279 g/mol. The minimum absolute atomic E-state index is 0.238. The van der Waals surface area contributed by atoms with Crippen LogP contribution in [0.5, 0.6) is 0 Å². The van der Waals surface area contributed by atoms with Crippen LogP contribution in [-0.2, 0) is 0 Å². The lowest BCUT2D eigenvalue weighted by Crippen LogP contribution is -2.40. The summed E-state index contributed by atoms with van der Waals surface area (Å²) in [5.41, 5.74) is 0.837. The first-order valence-electron chi connectivity index (χ1n) is 6.53. The first-order valence-corrected chi connectivity index (χ1v) is 6.91. The van der Waals surface area contributed by atoms with Crippen LogP contribution in [0.3, 0.4) is 0 Å². The van der Waals surface area contributed by atoms with Gasteiger partial charge >= 0.3 is 0 Å². The Morgan fingerprint density at radius 1 is 1.47 bits per heavy atom. The summed E-state index contributed by atoms with van der Waals surface area (Å²) >= 11 is 6.08. The van der Waals surface area contributed by atoms with E-state index in [0.29, 0.717) is 10.6 Å². The molecule has 1 N–H and O–H groups in total. The summed E-state index contributed by atoms with van der Waals surface area (Å²) in [6.07, 6.45) is 0.961. The maximum absolute atomic E-state index is 10.2. The van der Waals surface area contributed by atoms with Gasteiger partial charge in [0.15, 0.2) is 0 Å². The summed E-state index contributed by atoms with van der Waals surface area (Å²) in [7, 11) is 0. The molecule has 2 unspecified atom stereocenters. The molecule has 1 heterocycles. The third-order valence-electron chi connectivity index (χ3n) is 4.07. The van der Waals surface area contributed by atoms with Crippen LogP contribution in [0.15, 0.2) is 18.2 Å². The molecule has 0 radical (unpaired) electrons. The van der Waals surface area contributed by atoms with E-state index in [1.807, 2.05) is 26.0 Å². The Bertz CT molecular complexity index is 516. The van der Waals surface area contributed by atoms with E-state index >= 15 is 0 Å². The predicted molar refractivity (Wildman–Crippen MR) is 77.4 cm³/mol. The summed E-state index contributed by atoms with van der Waals surface area (Å²) in [5.74, 6) is 0.238. The maximum atomic E-state index is 10.2. The van der Waals surface area contributed by atoms with Crippen LogP contribution in [-0.4, -0.2) is 23.3 Å². The van der Waals surface area contributed by atoms with Crippen LogP contribution in [0.1, 0.15) is 32.8 Å². The molecule has 2 rings (SSSR count). The Hall–Kier alpha value is -1.24. The van der Waals surface area contributed by atoms with E-state index in [-0.39, 0.29) is 12.0 Å². The summed E-state index contributed by atoms with van der Waals surface area (Å²) in [5, 5.41) is 19.6. The van der Waals surface area contributed by atoms with Crippen molar-refractivity contribution in [1.82, 2.24) is 0 Å². The lowest BCUT2D eigenvalue weighted by molar-refractivity contribution is 0.0156. The van der Waals surface area contributed by atoms with Crippen LogP contribution in [0, 0.1) is 17.2 Å². The molecule has 1 aliphatic heterocycles. The van der Waals surface area contributed by atoms with Gasteiger partial charge in [0.25, 0.3) is 0 Å². The lowest BCUT2D eigenvalue weighted by Gasteiger charge is -2.33. The molecule has 1 aromatic rings. The van der Waals surface area contributed by atoms with Gasteiger partial charge in [0, 0.05) is 24.2 Å². The van der Waals surface area contributed by atoms with Gasteiger partial charge in [0.1, 0.15) is 6.07 Å². The fourth-order valence-corrected chi connectivity index (χ4v) is 3.24. The fraction of sp³-hybridized carbons (Fsp3) is 0.533. The monoisotopic (exact) mass is 278 g/mol. The Labute approximate surface area is 119 Å². The van der Waals surface area contributed by atoms with Crippen molar-refractivity contribution in [3.63, 3.8) is 0 Å². The van der Waals surface area contributed by atoms with Crippen molar-refractivity contribution in [3.05, 3.63) is 28.8 Å².